The van der Waals surface area contributed by atoms with Crippen LogP contribution < -0.4 is 11.1 Å². The van der Waals surface area contributed by atoms with E-state index in [1.165, 1.54) is 22.5 Å². The van der Waals surface area contributed by atoms with Crippen molar-refractivity contribution in [3.05, 3.63) is 41.3 Å². The second-order valence-corrected chi connectivity index (χ2v) is 12.0. The van der Waals surface area contributed by atoms with Gasteiger partial charge in [0.2, 0.25) is 0 Å². The number of sulfonamides is 1. The third-order valence-electron chi connectivity index (χ3n) is 4.71. The predicted octanol–water partition coefficient (Wildman–Crippen LogP) is 2.77. The Kier molecular flexibility index (Phi) is 6.49. The Bertz CT molecular complexity index is 1110. The number of sulfone groups is 1. The highest BCUT2D eigenvalue weighted by molar-refractivity contribution is 7.92. The molecule has 166 valence electrons. The first-order chi connectivity index (χ1) is 13.9. The van der Waals surface area contributed by atoms with E-state index in [2.05, 4.69) is 5.32 Å². The molecule has 0 saturated carbocycles. The molecule has 0 spiro atoms. The number of rotatable bonds is 6. The van der Waals surface area contributed by atoms with Gasteiger partial charge in [-0.05, 0) is 43.2 Å². The van der Waals surface area contributed by atoms with Crippen molar-refractivity contribution < 1.29 is 30.0 Å². The van der Waals surface area contributed by atoms with E-state index >= 15 is 0 Å². The SMILES string of the molecule is NCc1ccc(S(=O)(=O)N2CCC(Nc3cccc(S(=O)(=O)C(F)(F)F)c3)CC2)s1. The zero-order valence-corrected chi connectivity index (χ0v) is 18.0. The number of halogens is 3. The first kappa shape index (κ1) is 23.0. The van der Waals surface area contributed by atoms with Crippen LogP contribution in [-0.2, 0) is 26.4 Å². The zero-order chi connectivity index (χ0) is 22.2. The summed E-state index contributed by atoms with van der Waals surface area (Å²) >= 11 is 1.12. The van der Waals surface area contributed by atoms with E-state index in [0.29, 0.717) is 12.8 Å². The molecule has 7 nitrogen and oxygen atoms in total. The number of thiophene rings is 1. The average Bonchev–Trinajstić information content (AvgIpc) is 3.18. The fourth-order valence-corrected chi connectivity index (χ4v) is 6.76. The maximum absolute atomic E-state index is 12.8. The third kappa shape index (κ3) is 4.64. The van der Waals surface area contributed by atoms with Crippen LogP contribution in [0.15, 0.2) is 45.5 Å². The van der Waals surface area contributed by atoms with E-state index in [1.807, 2.05) is 0 Å². The zero-order valence-electron chi connectivity index (χ0n) is 15.6. The van der Waals surface area contributed by atoms with Crippen molar-refractivity contribution in [2.45, 2.75) is 40.0 Å². The van der Waals surface area contributed by atoms with Crippen molar-refractivity contribution in [1.82, 2.24) is 4.31 Å². The molecule has 0 radical (unpaired) electrons. The maximum Gasteiger partial charge on any atom is 0.501 e. The van der Waals surface area contributed by atoms with Crippen LogP contribution in [-0.4, -0.2) is 45.8 Å². The molecule has 1 aromatic heterocycles. The number of hydrogen-bond donors (Lipinski definition) is 2. The lowest BCUT2D eigenvalue weighted by atomic mass is 10.1. The highest BCUT2D eigenvalue weighted by Crippen LogP contribution is 2.32. The van der Waals surface area contributed by atoms with Crippen LogP contribution in [0.1, 0.15) is 17.7 Å². The Hall–Kier alpha value is -1.67. The molecule has 0 aliphatic carbocycles. The number of piperidine rings is 1. The summed E-state index contributed by atoms with van der Waals surface area (Å²) in [6.07, 6.45) is 0.842. The summed E-state index contributed by atoms with van der Waals surface area (Å²) in [5.41, 5.74) is 0.382. The molecule has 13 heteroatoms. The molecule has 0 bridgehead atoms. The number of hydrogen-bond acceptors (Lipinski definition) is 7. The molecule has 1 saturated heterocycles. The Morgan fingerprint density at radius 1 is 1.10 bits per heavy atom. The summed E-state index contributed by atoms with van der Waals surface area (Å²) in [6.45, 7) is 0.724. The third-order valence-corrected chi connectivity index (χ3v) is 9.66. The molecule has 30 heavy (non-hydrogen) atoms. The van der Waals surface area contributed by atoms with Crippen LogP contribution in [0.4, 0.5) is 18.9 Å². The lowest BCUT2D eigenvalue weighted by Crippen LogP contribution is -2.42. The Balaban J connectivity index is 1.66. The number of benzene rings is 1. The Labute approximate surface area is 176 Å². The molecule has 3 N–H and O–H groups in total. The minimum Gasteiger partial charge on any atom is -0.382 e. The molecule has 2 heterocycles. The second kappa shape index (κ2) is 8.46. The molecular weight excluding hydrogens is 463 g/mol. The van der Waals surface area contributed by atoms with E-state index in [0.717, 1.165) is 28.3 Å². The monoisotopic (exact) mass is 483 g/mol. The lowest BCUT2D eigenvalue weighted by Gasteiger charge is -2.31. The average molecular weight is 484 g/mol. The van der Waals surface area contributed by atoms with Crippen LogP contribution in [0, 0.1) is 0 Å². The van der Waals surface area contributed by atoms with Gasteiger partial charge in [0, 0.05) is 36.2 Å². The van der Waals surface area contributed by atoms with Gasteiger partial charge in [-0.15, -0.1) is 11.3 Å². The van der Waals surface area contributed by atoms with E-state index in [9.17, 15) is 30.0 Å². The van der Waals surface area contributed by atoms with Crippen molar-refractivity contribution >= 4 is 36.9 Å². The van der Waals surface area contributed by atoms with Gasteiger partial charge in [0.05, 0.1) is 4.90 Å². The van der Waals surface area contributed by atoms with Gasteiger partial charge in [0.25, 0.3) is 19.9 Å². The number of alkyl halides is 3. The van der Waals surface area contributed by atoms with E-state index < -0.39 is 30.3 Å². The summed E-state index contributed by atoms with van der Waals surface area (Å²) in [6, 6.07) is 7.52. The van der Waals surface area contributed by atoms with E-state index in [1.54, 1.807) is 6.07 Å². The molecule has 0 atom stereocenters. The fraction of sp³-hybridized carbons (Fsp3) is 0.412. The number of anilines is 1. The van der Waals surface area contributed by atoms with E-state index in [-0.39, 0.29) is 35.6 Å². The van der Waals surface area contributed by atoms with Gasteiger partial charge in [-0.25, -0.2) is 16.8 Å². The highest BCUT2D eigenvalue weighted by atomic mass is 32.2. The topological polar surface area (TPSA) is 110 Å². The molecule has 2 aromatic rings. The van der Waals surface area contributed by atoms with Gasteiger partial charge >= 0.3 is 5.51 Å². The predicted molar refractivity (Wildman–Crippen MR) is 107 cm³/mol. The van der Waals surface area contributed by atoms with Gasteiger partial charge in [-0.3, -0.25) is 0 Å². The van der Waals surface area contributed by atoms with Crippen LogP contribution in [0.3, 0.4) is 0 Å². The van der Waals surface area contributed by atoms with Crippen molar-refractivity contribution in [1.29, 1.82) is 0 Å². The fourth-order valence-electron chi connectivity index (χ4n) is 3.10. The van der Waals surface area contributed by atoms with Crippen molar-refractivity contribution in [3.63, 3.8) is 0 Å². The van der Waals surface area contributed by atoms with Gasteiger partial charge in [0.1, 0.15) is 4.21 Å². The number of nitrogens with zero attached hydrogens (tertiary/aromatic N) is 1. The Morgan fingerprint density at radius 2 is 1.77 bits per heavy atom. The second-order valence-electron chi connectivity index (χ2n) is 6.72. The number of nitrogens with two attached hydrogens (primary N) is 1. The molecule has 1 aromatic carbocycles. The van der Waals surface area contributed by atoms with Crippen LogP contribution in [0.2, 0.25) is 0 Å². The summed E-state index contributed by atoms with van der Waals surface area (Å²) in [4.78, 5) is -0.0766. The molecule has 0 amide bonds. The molecular formula is C17H20F3N3O4S3. The van der Waals surface area contributed by atoms with Crippen LogP contribution >= 0.6 is 11.3 Å². The van der Waals surface area contributed by atoms with Gasteiger partial charge in [-0.2, -0.15) is 17.5 Å². The molecule has 1 aliphatic heterocycles. The largest absolute Gasteiger partial charge is 0.501 e. The Morgan fingerprint density at radius 3 is 2.33 bits per heavy atom. The first-order valence-electron chi connectivity index (χ1n) is 8.92. The van der Waals surface area contributed by atoms with Crippen LogP contribution in [0.5, 0.6) is 0 Å². The summed E-state index contributed by atoms with van der Waals surface area (Å²) in [7, 11) is -9.06. The van der Waals surface area contributed by atoms with Crippen LogP contribution in [0.25, 0.3) is 0 Å². The molecule has 0 unspecified atom stereocenters. The summed E-state index contributed by atoms with van der Waals surface area (Å²) < 4.78 is 88.5. The lowest BCUT2D eigenvalue weighted by molar-refractivity contribution is -0.0436. The smallest absolute Gasteiger partial charge is 0.382 e. The minimum atomic E-state index is -5.43. The minimum absolute atomic E-state index is 0.205. The van der Waals surface area contributed by atoms with Crippen molar-refractivity contribution in [3.8, 4) is 0 Å². The molecule has 1 fully saturated rings. The summed E-state index contributed by atoms with van der Waals surface area (Å²) in [5, 5.41) is 3.00. The molecule has 1 aliphatic rings. The quantitative estimate of drug-likeness (QED) is 0.654. The molecule has 3 rings (SSSR count). The van der Waals surface area contributed by atoms with Gasteiger partial charge in [0.15, 0.2) is 0 Å². The first-order valence-corrected chi connectivity index (χ1v) is 12.7. The normalized spacial score (nSPS) is 17.2. The number of nitrogens with one attached hydrogen (secondary N) is 1. The van der Waals surface area contributed by atoms with Gasteiger partial charge < -0.3 is 11.1 Å². The summed E-state index contributed by atoms with van der Waals surface area (Å²) in [5.74, 6) is 0. The van der Waals surface area contributed by atoms with Gasteiger partial charge in [-0.1, -0.05) is 6.07 Å². The standard InChI is InChI=1S/C17H20F3N3O4S3/c18-17(19,20)29(24,25)15-3-1-2-13(10-15)22-12-6-8-23(9-7-12)30(26,27)16-5-4-14(11-21)28-16/h1-5,10,12,22H,6-9,11,21H2. The van der Waals surface area contributed by atoms with Crippen molar-refractivity contribution in [2.75, 3.05) is 18.4 Å². The highest BCUT2D eigenvalue weighted by Gasteiger charge is 2.46. The van der Waals surface area contributed by atoms with E-state index in [4.69, 9.17) is 5.73 Å². The van der Waals surface area contributed by atoms with Crippen molar-refractivity contribution in [2.24, 2.45) is 5.73 Å². The maximum atomic E-state index is 12.8.